The molecule has 0 saturated carbocycles. The van der Waals surface area contributed by atoms with Gasteiger partial charge in [0.1, 0.15) is 10.4 Å². The number of para-hydroxylation sites is 1. The van der Waals surface area contributed by atoms with E-state index in [4.69, 9.17) is 4.18 Å². The SMILES string of the molecule is Cc1ccc(S(=O)(=O)Oc2cccc3c(-n4cccn4)ccnc23)cc1. The summed E-state index contributed by atoms with van der Waals surface area (Å²) in [5, 5.41) is 4.97. The van der Waals surface area contributed by atoms with Crippen molar-refractivity contribution < 1.29 is 12.6 Å². The molecule has 2 aromatic carbocycles. The van der Waals surface area contributed by atoms with Crippen LogP contribution in [-0.2, 0) is 10.1 Å². The summed E-state index contributed by atoms with van der Waals surface area (Å²) in [6, 6.07) is 15.3. The van der Waals surface area contributed by atoms with Gasteiger partial charge in [-0.3, -0.25) is 4.98 Å². The summed E-state index contributed by atoms with van der Waals surface area (Å²) in [6.45, 7) is 1.89. The molecule has 0 saturated heterocycles. The van der Waals surface area contributed by atoms with Crippen LogP contribution < -0.4 is 4.18 Å². The number of pyridine rings is 1. The molecular weight excluding hydrogens is 350 g/mol. The Balaban J connectivity index is 1.80. The molecule has 0 N–H and O–H groups in total. The first-order chi connectivity index (χ1) is 12.5. The average Bonchev–Trinajstić information content (AvgIpc) is 3.16. The average molecular weight is 365 g/mol. The molecule has 130 valence electrons. The maximum atomic E-state index is 12.6. The molecule has 4 rings (SSSR count). The van der Waals surface area contributed by atoms with Crippen LogP contribution in [0, 0.1) is 6.92 Å². The Bertz CT molecular complexity index is 1170. The summed E-state index contributed by atoms with van der Waals surface area (Å²) in [4.78, 5) is 4.41. The minimum atomic E-state index is -3.95. The van der Waals surface area contributed by atoms with Crippen LogP contribution in [0.5, 0.6) is 5.75 Å². The summed E-state index contributed by atoms with van der Waals surface area (Å²) in [5.41, 5.74) is 2.22. The Morgan fingerprint density at radius 2 is 1.77 bits per heavy atom. The lowest BCUT2D eigenvalue weighted by atomic mass is 10.2. The van der Waals surface area contributed by atoms with Crippen molar-refractivity contribution in [2.75, 3.05) is 0 Å². The maximum Gasteiger partial charge on any atom is 0.339 e. The number of fused-ring (bicyclic) bond motifs is 1. The highest BCUT2D eigenvalue weighted by atomic mass is 32.2. The van der Waals surface area contributed by atoms with E-state index in [1.807, 2.05) is 31.3 Å². The van der Waals surface area contributed by atoms with Gasteiger partial charge in [0.2, 0.25) is 0 Å². The molecule has 0 atom stereocenters. The second kappa shape index (κ2) is 6.27. The first-order valence-corrected chi connectivity index (χ1v) is 9.34. The molecule has 0 spiro atoms. The zero-order valence-corrected chi connectivity index (χ0v) is 14.7. The fraction of sp³-hybridized carbons (Fsp3) is 0.0526. The molecule has 2 aromatic heterocycles. The first kappa shape index (κ1) is 16.3. The second-order valence-electron chi connectivity index (χ2n) is 5.78. The van der Waals surface area contributed by atoms with Gasteiger partial charge in [0.05, 0.1) is 5.69 Å². The Hall–Kier alpha value is -3.19. The molecule has 2 heterocycles. The lowest BCUT2D eigenvalue weighted by molar-refractivity contribution is 0.488. The van der Waals surface area contributed by atoms with Gasteiger partial charge in [-0.15, -0.1) is 0 Å². The lowest BCUT2D eigenvalue weighted by Crippen LogP contribution is -2.10. The standard InChI is InChI=1S/C19H15N3O3S/c1-14-6-8-15(9-7-14)26(23,24)25-18-5-2-4-16-17(10-12-20-19(16)18)22-13-3-11-21-22/h2-13H,1H3. The molecule has 7 heteroatoms. The van der Waals surface area contributed by atoms with Gasteiger partial charge in [-0.05, 0) is 37.3 Å². The second-order valence-corrected chi connectivity index (χ2v) is 7.33. The van der Waals surface area contributed by atoms with Crippen LogP contribution in [0.4, 0.5) is 0 Å². The normalized spacial score (nSPS) is 11.6. The summed E-state index contributed by atoms with van der Waals surface area (Å²) < 4.78 is 32.3. The number of aryl methyl sites for hydroxylation is 1. The fourth-order valence-corrected chi connectivity index (χ4v) is 3.62. The number of aromatic nitrogens is 3. The Kier molecular flexibility index (Phi) is 3.93. The number of hydrogen-bond acceptors (Lipinski definition) is 5. The van der Waals surface area contributed by atoms with E-state index in [0.717, 1.165) is 16.6 Å². The van der Waals surface area contributed by atoms with Crippen LogP contribution in [0.3, 0.4) is 0 Å². The van der Waals surface area contributed by atoms with E-state index >= 15 is 0 Å². The molecule has 0 amide bonds. The highest BCUT2D eigenvalue weighted by Gasteiger charge is 2.19. The van der Waals surface area contributed by atoms with Gasteiger partial charge < -0.3 is 4.18 Å². The predicted octanol–water partition coefficient (Wildman–Crippen LogP) is 3.50. The molecule has 0 aliphatic heterocycles. The number of nitrogens with zero attached hydrogens (tertiary/aromatic N) is 3. The fourth-order valence-electron chi connectivity index (χ4n) is 2.68. The van der Waals surface area contributed by atoms with Crippen molar-refractivity contribution >= 4 is 21.0 Å². The van der Waals surface area contributed by atoms with Crippen LogP contribution in [0.2, 0.25) is 0 Å². The molecule has 0 bridgehead atoms. The summed E-state index contributed by atoms with van der Waals surface area (Å²) in [6.07, 6.45) is 5.09. The van der Waals surface area contributed by atoms with E-state index in [9.17, 15) is 8.42 Å². The number of rotatable bonds is 4. The number of benzene rings is 2. The topological polar surface area (TPSA) is 74.1 Å². The van der Waals surface area contributed by atoms with Gasteiger partial charge >= 0.3 is 10.1 Å². The Morgan fingerprint density at radius 3 is 2.50 bits per heavy atom. The largest absolute Gasteiger partial charge is 0.377 e. The van der Waals surface area contributed by atoms with Crippen LogP contribution >= 0.6 is 0 Å². The zero-order chi connectivity index (χ0) is 18.1. The van der Waals surface area contributed by atoms with Gasteiger partial charge in [0, 0.05) is 24.0 Å². The summed E-state index contributed by atoms with van der Waals surface area (Å²) in [7, 11) is -3.95. The minimum Gasteiger partial charge on any atom is -0.377 e. The smallest absolute Gasteiger partial charge is 0.339 e. The molecule has 0 fully saturated rings. The first-order valence-electron chi connectivity index (χ1n) is 7.93. The van der Waals surface area contributed by atoms with Crippen molar-refractivity contribution in [3.8, 4) is 11.4 Å². The Labute approximate surface area is 150 Å². The van der Waals surface area contributed by atoms with Crippen molar-refractivity contribution in [2.24, 2.45) is 0 Å². The van der Waals surface area contributed by atoms with E-state index in [0.29, 0.717) is 5.52 Å². The van der Waals surface area contributed by atoms with Crippen LogP contribution in [0.25, 0.3) is 16.6 Å². The molecule has 0 radical (unpaired) electrons. The molecule has 0 unspecified atom stereocenters. The van der Waals surface area contributed by atoms with E-state index < -0.39 is 10.1 Å². The van der Waals surface area contributed by atoms with Crippen molar-refractivity contribution in [1.29, 1.82) is 0 Å². The highest BCUT2D eigenvalue weighted by molar-refractivity contribution is 7.87. The molecule has 6 nitrogen and oxygen atoms in total. The van der Waals surface area contributed by atoms with Crippen LogP contribution in [-0.4, -0.2) is 23.2 Å². The highest BCUT2D eigenvalue weighted by Crippen LogP contribution is 2.29. The van der Waals surface area contributed by atoms with Gasteiger partial charge in [0.25, 0.3) is 0 Å². The lowest BCUT2D eigenvalue weighted by Gasteiger charge is -2.11. The zero-order valence-electron chi connectivity index (χ0n) is 13.9. The van der Waals surface area contributed by atoms with E-state index in [1.54, 1.807) is 41.3 Å². The molecule has 0 aliphatic rings. The monoisotopic (exact) mass is 365 g/mol. The van der Waals surface area contributed by atoms with E-state index in [-0.39, 0.29) is 10.6 Å². The predicted molar refractivity (Wildman–Crippen MR) is 97.9 cm³/mol. The van der Waals surface area contributed by atoms with Gasteiger partial charge in [-0.25, -0.2) is 4.68 Å². The third-order valence-corrected chi connectivity index (χ3v) is 5.22. The van der Waals surface area contributed by atoms with E-state index in [2.05, 4.69) is 10.1 Å². The van der Waals surface area contributed by atoms with Crippen molar-refractivity contribution in [2.45, 2.75) is 11.8 Å². The number of hydrogen-bond donors (Lipinski definition) is 0. The third-order valence-electron chi connectivity index (χ3n) is 3.97. The van der Waals surface area contributed by atoms with Crippen molar-refractivity contribution in [3.05, 3.63) is 78.8 Å². The summed E-state index contributed by atoms with van der Waals surface area (Å²) in [5.74, 6) is 0.178. The van der Waals surface area contributed by atoms with Gasteiger partial charge in [-0.1, -0.05) is 29.8 Å². The van der Waals surface area contributed by atoms with Crippen LogP contribution in [0.1, 0.15) is 5.56 Å². The van der Waals surface area contributed by atoms with Gasteiger partial charge in [-0.2, -0.15) is 13.5 Å². The maximum absolute atomic E-state index is 12.6. The molecule has 0 aliphatic carbocycles. The summed E-state index contributed by atoms with van der Waals surface area (Å²) >= 11 is 0. The van der Waals surface area contributed by atoms with Gasteiger partial charge in [0.15, 0.2) is 5.75 Å². The molecule has 26 heavy (non-hydrogen) atoms. The van der Waals surface area contributed by atoms with E-state index in [1.165, 1.54) is 12.1 Å². The Morgan fingerprint density at radius 1 is 0.962 bits per heavy atom. The van der Waals surface area contributed by atoms with Crippen molar-refractivity contribution in [3.63, 3.8) is 0 Å². The molecule has 4 aromatic rings. The minimum absolute atomic E-state index is 0.100. The molecular formula is C19H15N3O3S. The van der Waals surface area contributed by atoms with Crippen molar-refractivity contribution in [1.82, 2.24) is 14.8 Å². The quantitative estimate of drug-likeness (QED) is 0.518. The van der Waals surface area contributed by atoms with Crippen LogP contribution in [0.15, 0.2) is 78.1 Å². The third kappa shape index (κ3) is 2.93.